The molecule has 0 unspecified atom stereocenters. The molecule has 1 aromatic heterocycles. The number of carbonyl (C=O) groups is 1. The highest BCUT2D eigenvalue weighted by Crippen LogP contribution is 2.22. The zero-order valence-corrected chi connectivity index (χ0v) is 17.2. The molecule has 1 N–H and O–H groups in total. The lowest BCUT2D eigenvalue weighted by Gasteiger charge is -2.21. The Morgan fingerprint density at radius 3 is 2.50 bits per heavy atom. The van der Waals surface area contributed by atoms with Crippen molar-refractivity contribution in [3.8, 4) is 5.69 Å². The van der Waals surface area contributed by atoms with Gasteiger partial charge in [0.2, 0.25) is 11.1 Å². The minimum atomic E-state index is -0.0297. The first-order chi connectivity index (χ1) is 13.5. The molecule has 6 nitrogen and oxygen atoms in total. The number of aromatic nitrogens is 4. The predicted octanol–water partition coefficient (Wildman–Crippen LogP) is 3.97. The number of hydrogen-bond acceptors (Lipinski definition) is 5. The van der Waals surface area contributed by atoms with Gasteiger partial charge in [0.1, 0.15) is 0 Å². The molecule has 0 aliphatic heterocycles. The minimum Gasteiger partial charge on any atom is -0.349 e. The molecule has 3 rings (SSSR count). The van der Waals surface area contributed by atoms with Crippen LogP contribution in [0.25, 0.3) is 5.69 Å². The van der Waals surface area contributed by atoms with E-state index in [2.05, 4.69) is 46.8 Å². The third kappa shape index (κ3) is 5.42. The van der Waals surface area contributed by atoms with Gasteiger partial charge in [-0.05, 0) is 47.4 Å². The van der Waals surface area contributed by atoms with Crippen molar-refractivity contribution in [1.29, 1.82) is 0 Å². The van der Waals surface area contributed by atoms with Crippen LogP contribution in [0.1, 0.15) is 37.4 Å². The Morgan fingerprint density at radius 1 is 1.11 bits per heavy atom. The standard InChI is InChI=1S/C21H25N5OS/c1-15(2)13-19(17-7-5-4-6-8-17)22-20(27)14-28-21-23-24-25-26(21)18-11-9-16(3)10-12-18/h4-12,15,19H,13-14H2,1-3H3,(H,22,27)/t19-/m1/s1. The molecule has 0 radical (unpaired) electrons. The SMILES string of the molecule is Cc1ccc(-n2nnnc2SCC(=O)N[C@H](CC(C)C)c2ccccc2)cc1. The average molecular weight is 396 g/mol. The van der Waals surface area contributed by atoms with E-state index in [1.807, 2.05) is 49.4 Å². The van der Waals surface area contributed by atoms with Crippen molar-refractivity contribution in [3.05, 3.63) is 65.7 Å². The second-order valence-electron chi connectivity index (χ2n) is 7.16. The molecule has 0 bridgehead atoms. The van der Waals surface area contributed by atoms with Crippen molar-refractivity contribution in [2.75, 3.05) is 5.75 Å². The fraction of sp³-hybridized carbons (Fsp3) is 0.333. The van der Waals surface area contributed by atoms with E-state index in [0.717, 1.165) is 17.7 Å². The van der Waals surface area contributed by atoms with Crippen LogP contribution in [0.2, 0.25) is 0 Å². The molecule has 3 aromatic rings. The van der Waals surface area contributed by atoms with E-state index in [1.54, 1.807) is 4.68 Å². The molecule has 0 fully saturated rings. The molecule has 0 saturated heterocycles. The van der Waals surface area contributed by atoms with Crippen LogP contribution in [0.3, 0.4) is 0 Å². The van der Waals surface area contributed by atoms with Crippen LogP contribution in [-0.4, -0.2) is 31.9 Å². The molecule has 146 valence electrons. The second kappa shape index (κ2) is 9.50. The van der Waals surface area contributed by atoms with E-state index >= 15 is 0 Å². The summed E-state index contributed by atoms with van der Waals surface area (Å²) >= 11 is 1.33. The van der Waals surface area contributed by atoms with Gasteiger partial charge < -0.3 is 5.32 Å². The zero-order chi connectivity index (χ0) is 19.9. The fourth-order valence-electron chi connectivity index (χ4n) is 2.92. The number of thioether (sulfide) groups is 1. The summed E-state index contributed by atoms with van der Waals surface area (Å²) in [5.41, 5.74) is 3.17. The van der Waals surface area contributed by atoms with Crippen molar-refractivity contribution in [3.63, 3.8) is 0 Å². The Balaban J connectivity index is 1.64. The minimum absolute atomic E-state index is 0.00222. The van der Waals surface area contributed by atoms with Crippen LogP contribution < -0.4 is 5.32 Å². The van der Waals surface area contributed by atoms with Gasteiger partial charge >= 0.3 is 0 Å². The van der Waals surface area contributed by atoms with E-state index in [4.69, 9.17) is 0 Å². The summed E-state index contributed by atoms with van der Waals surface area (Å²) in [7, 11) is 0. The van der Waals surface area contributed by atoms with Crippen LogP contribution in [0.4, 0.5) is 0 Å². The van der Waals surface area contributed by atoms with Crippen molar-refractivity contribution in [1.82, 2.24) is 25.5 Å². The highest BCUT2D eigenvalue weighted by Gasteiger charge is 2.17. The lowest BCUT2D eigenvalue weighted by molar-refractivity contribution is -0.119. The van der Waals surface area contributed by atoms with Crippen LogP contribution in [-0.2, 0) is 4.79 Å². The van der Waals surface area contributed by atoms with Crippen molar-refractivity contribution >= 4 is 17.7 Å². The van der Waals surface area contributed by atoms with E-state index < -0.39 is 0 Å². The van der Waals surface area contributed by atoms with Crippen LogP contribution >= 0.6 is 11.8 Å². The van der Waals surface area contributed by atoms with Crippen LogP contribution in [0.15, 0.2) is 59.8 Å². The van der Waals surface area contributed by atoms with Gasteiger partial charge in [0.25, 0.3) is 0 Å². The molecule has 2 aromatic carbocycles. The smallest absolute Gasteiger partial charge is 0.230 e. The molecule has 1 atom stereocenters. The summed E-state index contributed by atoms with van der Waals surface area (Å²) < 4.78 is 1.65. The first-order valence-corrected chi connectivity index (χ1v) is 10.3. The number of amides is 1. The van der Waals surface area contributed by atoms with Gasteiger partial charge in [0.15, 0.2) is 0 Å². The fourth-order valence-corrected chi connectivity index (χ4v) is 3.62. The molecule has 0 spiro atoms. The molecule has 0 aliphatic carbocycles. The first kappa shape index (κ1) is 20.1. The highest BCUT2D eigenvalue weighted by molar-refractivity contribution is 7.99. The summed E-state index contributed by atoms with van der Waals surface area (Å²) in [6.45, 7) is 6.35. The predicted molar refractivity (Wildman–Crippen MR) is 111 cm³/mol. The number of nitrogens with zero attached hydrogens (tertiary/aromatic N) is 4. The normalized spacial score (nSPS) is 12.1. The molecule has 1 heterocycles. The van der Waals surface area contributed by atoms with Gasteiger partial charge in [-0.1, -0.05) is 73.6 Å². The molecule has 1 amide bonds. The van der Waals surface area contributed by atoms with E-state index in [1.165, 1.54) is 17.3 Å². The molecule has 0 saturated carbocycles. The number of nitrogens with one attached hydrogen (secondary N) is 1. The number of hydrogen-bond donors (Lipinski definition) is 1. The topological polar surface area (TPSA) is 72.7 Å². The Labute approximate surface area is 169 Å². The lowest BCUT2D eigenvalue weighted by Crippen LogP contribution is -2.31. The van der Waals surface area contributed by atoms with Gasteiger partial charge in [-0.25, -0.2) is 0 Å². The molecule has 0 aliphatic rings. The van der Waals surface area contributed by atoms with Gasteiger partial charge in [0.05, 0.1) is 17.5 Å². The highest BCUT2D eigenvalue weighted by atomic mass is 32.2. The summed E-state index contributed by atoms with van der Waals surface area (Å²) in [5, 5.41) is 15.6. The molecular weight excluding hydrogens is 370 g/mol. The summed E-state index contributed by atoms with van der Waals surface area (Å²) in [5.74, 6) is 0.707. The van der Waals surface area contributed by atoms with Gasteiger partial charge in [-0.2, -0.15) is 4.68 Å². The molecule has 7 heteroatoms. The Kier molecular flexibility index (Phi) is 6.81. The molecule has 28 heavy (non-hydrogen) atoms. The Morgan fingerprint density at radius 2 is 1.82 bits per heavy atom. The van der Waals surface area contributed by atoms with Gasteiger partial charge in [-0.3, -0.25) is 4.79 Å². The van der Waals surface area contributed by atoms with Crippen molar-refractivity contribution in [2.45, 2.75) is 38.4 Å². The van der Waals surface area contributed by atoms with Crippen LogP contribution in [0, 0.1) is 12.8 Å². The summed E-state index contributed by atoms with van der Waals surface area (Å²) in [6, 6.07) is 18.0. The van der Waals surface area contributed by atoms with Crippen molar-refractivity contribution in [2.24, 2.45) is 5.92 Å². The van der Waals surface area contributed by atoms with Gasteiger partial charge in [0, 0.05) is 0 Å². The summed E-state index contributed by atoms with van der Waals surface area (Å²) in [4.78, 5) is 12.6. The third-order valence-electron chi connectivity index (χ3n) is 4.30. The number of tetrazole rings is 1. The quantitative estimate of drug-likeness (QED) is 0.584. The maximum Gasteiger partial charge on any atom is 0.230 e. The van der Waals surface area contributed by atoms with Crippen molar-refractivity contribution < 1.29 is 4.79 Å². The number of rotatable bonds is 8. The van der Waals surface area contributed by atoms with Gasteiger partial charge in [-0.15, -0.1) is 5.10 Å². The van der Waals surface area contributed by atoms with E-state index in [0.29, 0.717) is 11.1 Å². The largest absolute Gasteiger partial charge is 0.349 e. The Bertz CT molecular complexity index is 893. The second-order valence-corrected chi connectivity index (χ2v) is 8.10. The third-order valence-corrected chi connectivity index (χ3v) is 5.22. The number of benzene rings is 2. The Hall–Kier alpha value is -2.67. The van der Waals surface area contributed by atoms with Crippen LogP contribution in [0.5, 0.6) is 0 Å². The maximum absolute atomic E-state index is 12.6. The number of carbonyl (C=O) groups excluding carboxylic acids is 1. The number of aryl methyl sites for hydroxylation is 1. The first-order valence-electron chi connectivity index (χ1n) is 9.35. The van der Waals surface area contributed by atoms with E-state index in [9.17, 15) is 4.79 Å². The monoisotopic (exact) mass is 395 g/mol. The molecular formula is C21H25N5OS. The summed E-state index contributed by atoms with van der Waals surface area (Å²) in [6.07, 6.45) is 0.890. The lowest BCUT2D eigenvalue weighted by atomic mass is 9.97. The maximum atomic E-state index is 12.6. The van der Waals surface area contributed by atoms with E-state index in [-0.39, 0.29) is 17.7 Å². The average Bonchev–Trinajstić information content (AvgIpc) is 3.15. The zero-order valence-electron chi connectivity index (χ0n) is 16.4.